The highest BCUT2D eigenvalue weighted by molar-refractivity contribution is 5.80. The quantitative estimate of drug-likeness (QED) is 0.849. The molecule has 0 saturated carbocycles. The molecule has 1 aliphatic rings. The lowest BCUT2D eigenvalue weighted by atomic mass is 10.1. The van der Waals surface area contributed by atoms with Gasteiger partial charge in [0, 0.05) is 51.0 Å². The summed E-state index contributed by atoms with van der Waals surface area (Å²) < 4.78 is 2.12. The van der Waals surface area contributed by atoms with Crippen molar-refractivity contribution in [1.82, 2.24) is 14.4 Å². The summed E-state index contributed by atoms with van der Waals surface area (Å²) in [6.07, 6.45) is 1.91. The number of aryl methyl sites for hydroxylation is 1. The van der Waals surface area contributed by atoms with Gasteiger partial charge in [0.1, 0.15) is 0 Å². The minimum Gasteiger partial charge on any atom is -0.352 e. The zero-order valence-corrected chi connectivity index (χ0v) is 15.8. The van der Waals surface area contributed by atoms with E-state index < -0.39 is 0 Å². The minimum absolute atomic E-state index is 0.168. The second-order valence-corrected chi connectivity index (χ2v) is 7.35. The maximum atomic E-state index is 12.7. The van der Waals surface area contributed by atoms with Crippen molar-refractivity contribution < 1.29 is 9.59 Å². The number of hydrogen-bond acceptors (Lipinski definition) is 2. The number of amides is 2. The van der Waals surface area contributed by atoms with Crippen LogP contribution in [0.4, 0.5) is 0 Å². The molecular weight excluding hydrogens is 302 g/mol. The maximum Gasteiger partial charge on any atom is 0.227 e. The van der Waals surface area contributed by atoms with Crippen LogP contribution >= 0.6 is 0 Å². The Balaban J connectivity index is 1.94. The lowest BCUT2D eigenvalue weighted by Crippen LogP contribution is -2.38. The van der Waals surface area contributed by atoms with Gasteiger partial charge >= 0.3 is 0 Å². The second kappa shape index (κ2) is 7.86. The number of aromatic nitrogens is 1. The van der Waals surface area contributed by atoms with Crippen molar-refractivity contribution in [2.75, 3.05) is 26.2 Å². The Morgan fingerprint density at radius 3 is 2.12 bits per heavy atom. The summed E-state index contributed by atoms with van der Waals surface area (Å²) in [6.45, 7) is 11.1. The van der Waals surface area contributed by atoms with Crippen LogP contribution in [0, 0.1) is 19.8 Å². The summed E-state index contributed by atoms with van der Waals surface area (Å²) in [6, 6.07) is 2.10. The normalized spacial score (nSPS) is 15.8. The Labute approximate surface area is 145 Å². The van der Waals surface area contributed by atoms with Crippen LogP contribution in [0.3, 0.4) is 0 Å². The fourth-order valence-electron chi connectivity index (χ4n) is 3.28. The topological polar surface area (TPSA) is 45.6 Å². The molecule has 5 nitrogen and oxygen atoms in total. The number of hydrogen-bond donors (Lipinski definition) is 0. The average molecular weight is 333 g/mol. The first-order valence-corrected chi connectivity index (χ1v) is 8.97. The second-order valence-electron chi connectivity index (χ2n) is 7.35. The van der Waals surface area contributed by atoms with Gasteiger partial charge in [-0.3, -0.25) is 9.59 Å². The van der Waals surface area contributed by atoms with E-state index in [0.717, 1.165) is 30.8 Å². The van der Waals surface area contributed by atoms with Crippen molar-refractivity contribution in [3.8, 4) is 0 Å². The van der Waals surface area contributed by atoms with Crippen LogP contribution in [0.1, 0.15) is 43.6 Å². The van der Waals surface area contributed by atoms with Crippen molar-refractivity contribution in [3.63, 3.8) is 0 Å². The van der Waals surface area contributed by atoms with Gasteiger partial charge in [-0.15, -0.1) is 0 Å². The highest BCUT2D eigenvalue weighted by atomic mass is 16.2. The minimum atomic E-state index is 0.168. The zero-order valence-electron chi connectivity index (χ0n) is 15.8. The van der Waals surface area contributed by atoms with Crippen molar-refractivity contribution in [2.45, 2.75) is 47.0 Å². The zero-order chi connectivity index (χ0) is 17.9. The predicted molar refractivity (Wildman–Crippen MR) is 95.8 cm³/mol. The molecule has 0 N–H and O–H groups in total. The molecule has 0 atom stereocenters. The predicted octanol–water partition coefficient (Wildman–Crippen LogP) is 2.29. The number of carbonyl (C=O) groups excluding carboxylic acids is 2. The summed E-state index contributed by atoms with van der Waals surface area (Å²) >= 11 is 0. The van der Waals surface area contributed by atoms with Gasteiger partial charge in [0.2, 0.25) is 11.8 Å². The highest BCUT2D eigenvalue weighted by Crippen LogP contribution is 2.16. The van der Waals surface area contributed by atoms with Crippen molar-refractivity contribution in [3.05, 3.63) is 23.0 Å². The van der Waals surface area contributed by atoms with E-state index in [1.807, 2.05) is 16.8 Å². The van der Waals surface area contributed by atoms with Crippen LogP contribution in [0.5, 0.6) is 0 Å². The van der Waals surface area contributed by atoms with Crippen molar-refractivity contribution in [1.29, 1.82) is 0 Å². The molecule has 0 radical (unpaired) electrons. The standard InChI is InChI=1S/C19H31N3O2/c1-14(2)11-18(23)21-7-6-8-22(10-9-21)19(24)13-17-12-15(3)20(5)16(17)4/h12,14H,6-11,13H2,1-5H3. The molecule has 0 bridgehead atoms. The molecule has 2 rings (SSSR count). The number of nitrogens with zero attached hydrogens (tertiary/aromatic N) is 3. The fraction of sp³-hybridized carbons (Fsp3) is 0.684. The van der Waals surface area contributed by atoms with Gasteiger partial charge in [-0.1, -0.05) is 13.8 Å². The van der Waals surface area contributed by atoms with E-state index >= 15 is 0 Å². The molecule has 2 heterocycles. The van der Waals surface area contributed by atoms with Gasteiger partial charge in [-0.05, 0) is 37.8 Å². The summed E-state index contributed by atoms with van der Waals surface area (Å²) in [5.41, 5.74) is 3.44. The Hall–Kier alpha value is -1.78. The summed E-state index contributed by atoms with van der Waals surface area (Å²) in [4.78, 5) is 28.7. The monoisotopic (exact) mass is 333 g/mol. The molecule has 134 valence electrons. The molecule has 1 aliphatic heterocycles. The van der Waals surface area contributed by atoms with Crippen LogP contribution in [0.15, 0.2) is 6.07 Å². The molecule has 2 amide bonds. The molecule has 0 aromatic carbocycles. The molecule has 0 spiro atoms. The Morgan fingerprint density at radius 1 is 1.04 bits per heavy atom. The van der Waals surface area contributed by atoms with Crippen molar-refractivity contribution in [2.24, 2.45) is 13.0 Å². The van der Waals surface area contributed by atoms with Gasteiger partial charge in [0.25, 0.3) is 0 Å². The van der Waals surface area contributed by atoms with Gasteiger partial charge in [0.15, 0.2) is 0 Å². The van der Waals surface area contributed by atoms with E-state index in [2.05, 4.69) is 38.3 Å². The van der Waals surface area contributed by atoms with Gasteiger partial charge in [0.05, 0.1) is 6.42 Å². The molecule has 24 heavy (non-hydrogen) atoms. The molecule has 1 saturated heterocycles. The first kappa shape index (κ1) is 18.6. The fourth-order valence-corrected chi connectivity index (χ4v) is 3.28. The third-order valence-electron chi connectivity index (χ3n) is 5.01. The molecule has 1 aromatic heterocycles. The Bertz CT molecular complexity index is 604. The van der Waals surface area contributed by atoms with E-state index in [9.17, 15) is 9.59 Å². The molecule has 1 fully saturated rings. The largest absolute Gasteiger partial charge is 0.352 e. The molecular formula is C19H31N3O2. The van der Waals surface area contributed by atoms with Crippen LogP contribution < -0.4 is 0 Å². The van der Waals surface area contributed by atoms with Crippen LogP contribution in [-0.2, 0) is 23.1 Å². The van der Waals surface area contributed by atoms with Gasteiger partial charge < -0.3 is 14.4 Å². The Morgan fingerprint density at radius 2 is 1.62 bits per heavy atom. The summed E-state index contributed by atoms with van der Waals surface area (Å²) in [5, 5.41) is 0. The molecule has 0 unspecified atom stereocenters. The van der Waals surface area contributed by atoms with E-state index in [0.29, 0.717) is 31.8 Å². The molecule has 0 aliphatic carbocycles. The maximum absolute atomic E-state index is 12.7. The van der Waals surface area contributed by atoms with E-state index in [4.69, 9.17) is 0 Å². The van der Waals surface area contributed by atoms with E-state index in [1.54, 1.807) is 0 Å². The Kier molecular flexibility index (Phi) is 6.08. The van der Waals surface area contributed by atoms with Gasteiger partial charge in [-0.25, -0.2) is 0 Å². The van der Waals surface area contributed by atoms with Crippen LogP contribution in [0.25, 0.3) is 0 Å². The molecule has 1 aromatic rings. The number of carbonyl (C=O) groups is 2. The average Bonchev–Trinajstić information content (AvgIpc) is 2.73. The first-order valence-electron chi connectivity index (χ1n) is 8.97. The van der Waals surface area contributed by atoms with E-state index in [-0.39, 0.29) is 11.8 Å². The SMILES string of the molecule is Cc1cc(CC(=O)N2CCCN(C(=O)CC(C)C)CC2)c(C)n1C. The first-order chi connectivity index (χ1) is 11.3. The smallest absolute Gasteiger partial charge is 0.227 e. The molecule has 5 heteroatoms. The lowest BCUT2D eigenvalue weighted by Gasteiger charge is -2.23. The van der Waals surface area contributed by atoms with E-state index in [1.165, 1.54) is 5.69 Å². The third-order valence-corrected chi connectivity index (χ3v) is 5.01. The lowest BCUT2D eigenvalue weighted by molar-refractivity contribution is -0.133. The van der Waals surface area contributed by atoms with Crippen LogP contribution in [0.2, 0.25) is 0 Å². The number of rotatable bonds is 4. The third kappa shape index (κ3) is 4.40. The summed E-state index contributed by atoms with van der Waals surface area (Å²) in [5.74, 6) is 0.762. The van der Waals surface area contributed by atoms with Crippen molar-refractivity contribution >= 4 is 11.8 Å². The van der Waals surface area contributed by atoms with Gasteiger partial charge in [-0.2, -0.15) is 0 Å². The summed E-state index contributed by atoms with van der Waals surface area (Å²) in [7, 11) is 2.03. The van der Waals surface area contributed by atoms with Crippen LogP contribution in [-0.4, -0.2) is 52.4 Å². The highest BCUT2D eigenvalue weighted by Gasteiger charge is 2.23.